The van der Waals surface area contributed by atoms with E-state index in [4.69, 9.17) is 28.5 Å². The zero-order valence-corrected chi connectivity index (χ0v) is 14.1. The molecule has 0 unspecified atom stereocenters. The molecule has 0 aliphatic carbocycles. The summed E-state index contributed by atoms with van der Waals surface area (Å²) in [6.07, 6.45) is 1.01. The van der Waals surface area contributed by atoms with Gasteiger partial charge in [0, 0.05) is 17.5 Å². The molecule has 0 aliphatic rings. The van der Waals surface area contributed by atoms with Crippen molar-refractivity contribution in [1.82, 2.24) is 0 Å². The van der Waals surface area contributed by atoms with Gasteiger partial charge in [0.25, 0.3) is 5.91 Å². The zero-order chi connectivity index (χ0) is 17.2. The van der Waals surface area contributed by atoms with E-state index < -0.39 is 15.7 Å². The molecule has 0 saturated carbocycles. The van der Waals surface area contributed by atoms with Crippen LogP contribution in [0.3, 0.4) is 0 Å². The maximum Gasteiger partial charge on any atom is 0.255 e. The number of amides is 1. The van der Waals surface area contributed by atoms with Crippen LogP contribution in [0.2, 0.25) is 10.0 Å². The van der Waals surface area contributed by atoms with Crippen molar-refractivity contribution >= 4 is 44.6 Å². The quantitative estimate of drug-likeness (QED) is 0.897. The summed E-state index contributed by atoms with van der Waals surface area (Å²) in [7, 11) is -3.55. The third-order valence-electron chi connectivity index (χ3n) is 2.94. The lowest BCUT2D eigenvalue weighted by molar-refractivity contribution is 0.102. The Balaban J connectivity index is 2.32. The highest BCUT2D eigenvalue weighted by Gasteiger charge is 2.16. The van der Waals surface area contributed by atoms with E-state index in [1.807, 2.05) is 6.07 Å². The fourth-order valence-electron chi connectivity index (χ4n) is 1.82. The van der Waals surface area contributed by atoms with Gasteiger partial charge in [0.15, 0.2) is 9.84 Å². The minimum absolute atomic E-state index is 0.0467. The van der Waals surface area contributed by atoms with Crippen molar-refractivity contribution in [2.45, 2.75) is 4.90 Å². The van der Waals surface area contributed by atoms with E-state index in [2.05, 4.69) is 5.32 Å². The van der Waals surface area contributed by atoms with Gasteiger partial charge in [-0.1, -0.05) is 23.2 Å². The number of hydrogen-bond donors (Lipinski definition) is 1. The van der Waals surface area contributed by atoms with Crippen LogP contribution in [0, 0.1) is 11.3 Å². The molecule has 1 N–H and O–H groups in total. The molecular weight excluding hydrogens is 359 g/mol. The summed E-state index contributed by atoms with van der Waals surface area (Å²) in [4.78, 5) is 12.1. The van der Waals surface area contributed by atoms with E-state index >= 15 is 0 Å². The number of hydrogen-bond acceptors (Lipinski definition) is 4. The highest BCUT2D eigenvalue weighted by Crippen LogP contribution is 2.24. The van der Waals surface area contributed by atoms with Crippen molar-refractivity contribution in [3.8, 4) is 6.07 Å². The summed E-state index contributed by atoms with van der Waals surface area (Å²) in [5.41, 5.74) is 0.806. The number of nitrogens with one attached hydrogen (secondary N) is 1. The molecule has 0 heterocycles. The minimum Gasteiger partial charge on any atom is -0.322 e. The fourth-order valence-corrected chi connectivity index (χ4v) is 3.34. The Bertz CT molecular complexity index is 934. The Morgan fingerprint density at radius 2 is 1.83 bits per heavy atom. The van der Waals surface area contributed by atoms with Crippen molar-refractivity contribution in [3.63, 3.8) is 0 Å². The Labute approximate surface area is 143 Å². The molecular formula is C15H10Cl2N2O3S. The maximum absolute atomic E-state index is 12.2. The van der Waals surface area contributed by atoms with Crippen LogP contribution in [0.5, 0.6) is 0 Å². The molecule has 1 amide bonds. The van der Waals surface area contributed by atoms with Crippen LogP contribution in [-0.2, 0) is 9.84 Å². The summed E-state index contributed by atoms with van der Waals surface area (Å²) in [6.45, 7) is 0. The standard InChI is InChI=1S/C15H10Cl2N2O3S/c1-23(21,22)14-6-9(3-5-12(14)16)15(20)19-11-4-2-10(8-18)13(17)7-11/h2-7H,1H3,(H,19,20). The van der Waals surface area contributed by atoms with E-state index in [1.54, 1.807) is 0 Å². The molecule has 0 bridgehead atoms. The van der Waals surface area contributed by atoms with E-state index in [-0.39, 0.29) is 26.1 Å². The number of benzene rings is 2. The lowest BCUT2D eigenvalue weighted by atomic mass is 10.2. The first kappa shape index (κ1) is 17.3. The van der Waals surface area contributed by atoms with E-state index in [1.165, 1.54) is 36.4 Å². The molecule has 0 aliphatic heterocycles. The van der Waals surface area contributed by atoms with Gasteiger partial charge in [0.2, 0.25) is 0 Å². The molecule has 0 aromatic heterocycles. The van der Waals surface area contributed by atoms with E-state index in [0.29, 0.717) is 5.69 Å². The Kier molecular flexibility index (Phi) is 4.95. The molecule has 0 saturated heterocycles. The van der Waals surface area contributed by atoms with Crippen molar-refractivity contribution in [3.05, 3.63) is 57.6 Å². The second-order valence-corrected chi connectivity index (χ2v) is 7.48. The molecule has 0 spiro atoms. The van der Waals surface area contributed by atoms with E-state index in [9.17, 15) is 13.2 Å². The number of sulfone groups is 1. The van der Waals surface area contributed by atoms with Crippen LogP contribution in [0.15, 0.2) is 41.3 Å². The van der Waals surface area contributed by atoms with Crippen molar-refractivity contribution in [2.24, 2.45) is 0 Å². The molecule has 8 heteroatoms. The van der Waals surface area contributed by atoms with Gasteiger partial charge >= 0.3 is 0 Å². The van der Waals surface area contributed by atoms with Crippen LogP contribution in [0.1, 0.15) is 15.9 Å². The van der Waals surface area contributed by atoms with Crippen LogP contribution < -0.4 is 5.32 Å². The average molecular weight is 369 g/mol. The Morgan fingerprint density at radius 1 is 1.13 bits per heavy atom. The number of nitrogens with zero attached hydrogens (tertiary/aromatic N) is 1. The summed E-state index contributed by atoms with van der Waals surface area (Å²) in [5, 5.41) is 11.6. The minimum atomic E-state index is -3.55. The average Bonchev–Trinajstić information content (AvgIpc) is 2.46. The molecule has 2 rings (SSSR count). The van der Waals surface area contributed by atoms with Gasteiger partial charge in [0.1, 0.15) is 6.07 Å². The van der Waals surface area contributed by atoms with E-state index in [0.717, 1.165) is 6.26 Å². The molecule has 118 valence electrons. The molecule has 23 heavy (non-hydrogen) atoms. The highest BCUT2D eigenvalue weighted by molar-refractivity contribution is 7.90. The summed E-state index contributed by atoms with van der Waals surface area (Å²) in [6, 6.07) is 10.3. The lowest BCUT2D eigenvalue weighted by Crippen LogP contribution is -2.13. The van der Waals surface area contributed by atoms with Crippen LogP contribution >= 0.6 is 23.2 Å². The van der Waals surface area contributed by atoms with Gasteiger partial charge < -0.3 is 5.32 Å². The molecule has 2 aromatic carbocycles. The first-order valence-corrected chi connectivity index (χ1v) is 8.87. The topological polar surface area (TPSA) is 87.0 Å². The monoisotopic (exact) mass is 368 g/mol. The lowest BCUT2D eigenvalue weighted by Gasteiger charge is -2.08. The third-order valence-corrected chi connectivity index (χ3v) is 4.83. The zero-order valence-electron chi connectivity index (χ0n) is 11.8. The fraction of sp³-hybridized carbons (Fsp3) is 0.0667. The number of carbonyl (C=O) groups excluding carboxylic acids is 1. The molecule has 2 aromatic rings. The Morgan fingerprint density at radius 3 is 2.39 bits per heavy atom. The molecule has 0 fully saturated rings. The van der Waals surface area contributed by atoms with Crippen LogP contribution in [0.4, 0.5) is 5.69 Å². The van der Waals surface area contributed by atoms with Gasteiger partial charge in [-0.05, 0) is 36.4 Å². The second-order valence-electron chi connectivity index (χ2n) is 4.68. The first-order chi connectivity index (χ1) is 10.7. The second kappa shape index (κ2) is 6.59. The number of halogens is 2. The van der Waals surface area contributed by atoms with Gasteiger partial charge in [-0.15, -0.1) is 0 Å². The molecule has 5 nitrogen and oxygen atoms in total. The maximum atomic E-state index is 12.2. The van der Waals surface area contributed by atoms with Crippen molar-refractivity contribution in [1.29, 1.82) is 5.26 Å². The predicted molar refractivity (Wildman–Crippen MR) is 88.7 cm³/mol. The number of anilines is 1. The smallest absolute Gasteiger partial charge is 0.255 e. The van der Waals surface area contributed by atoms with Gasteiger partial charge in [-0.3, -0.25) is 4.79 Å². The van der Waals surface area contributed by atoms with Crippen LogP contribution in [0.25, 0.3) is 0 Å². The molecule has 0 atom stereocenters. The van der Waals surface area contributed by atoms with Gasteiger partial charge in [-0.2, -0.15) is 5.26 Å². The normalized spacial score (nSPS) is 10.9. The summed E-state index contributed by atoms with van der Waals surface area (Å²) < 4.78 is 23.3. The number of nitriles is 1. The Hall–Kier alpha value is -2.07. The van der Waals surface area contributed by atoms with Gasteiger partial charge in [0.05, 0.1) is 20.5 Å². The van der Waals surface area contributed by atoms with Crippen molar-refractivity contribution < 1.29 is 13.2 Å². The predicted octanol–water partition coefficient (Wildman–Crippen LogP) is 3.52. The number of carbonyl (C=O) groups is 1. The third kappa shape index (κ3) is 4.02. The largest absolute Gasteiger partial charge is 0.322 e. The summed E-state index contributed by atoms with van der Waals surface area (Å²) >= 11 is 11.7. The van der Waals surface area contributed by atoms with Gasteiger partial charge in [-0.25, -0.2) is 8.42 Å². The summed E-state index contributed by atoms with van der Waals surface area (Å²) in [5.74, 6) is -0.521. The SMILES string of the molecule is CS(=O)(=O)c1cc(C(=O)Nc2ccc(C#N)c(Cl)c2)ccc1Cl. The van der Waals surface area contributed by atoms with Crippen molar-refractivity contribution in [2.75, 3.05) is 11.6 Å². The molecule has 0 radical (unpaired) electrons. The number of rotatable bonds is 3. The highest BCUT2D eigenvalue weighted by atomic mass is 35.5. The van der Waals surface area contributed by atoms with Crippen LogP contribution in [-0.4, -0.2) is 20.6 Å². The first-order valence-electron chi connectivity index (χ1n) is 6.23.